The Morgan fingerprint density at radius 3 is 2.33 bits per heavy atom. The summed E-state index contributed by atoms with van der Waals surface area (Å²) in [5.74, 6) is 0.0807. The molecule has 0 amide bonds. The van der Waals surface area contributed by atoms with Crippen molar-refractivity contribution in [1.29, 1.82) is 5.26 Å². The van der Waals surface area contributed by atoms with Gasteiger partial charge in [-0.3, -0.25) is 4.68 Å². The molecule has 0 spiro atoms. The minimum atomic E-state index is -0.479. The maximum Gasteiger partial charge on any atom is 0.229 e. The van der Waals surface area contributed by atoms with Crippen LogP contribution in [0.5, 0.6) is 5.88 Å². The van der Waals surface area contributed by atoms with Gasteiger partial charge in [-0.2, -0.15) is 20.1 Å². The van der Waals surface area contributed by atoms with Gasteiger partial charge in [-0.25, -0.2) is 0 Å². The number of fused-ring (bicyclic) bond motifs is 1. The van der Waals surface area contributed by atoms with E-state index in [4.69, 9.17) is 15.6 Å². The van der Waals surface area contributed by atoms with Crippen molar-refractivity contribution in [2.45, 2.75) is 5.92 Å². The minimum Gasteiger partial charge on any atom is -0.422 e. The van der Waals surface area contributed by atoms with Crippen LogP contribution in [0.25, 0.3) is 16.9 Å². The van der Waals surface area contributed by atoms with Crippen LogP contribution in [0.3, 0.4) is 0 Å². The fraction of sp³-hybridized carbons (Fsp3) is 0.0870. The van der Waals surface area contributed by atoms with E-state index in [-0.39, 0.29) is 5.88 Å². The summed E-state index contributed by atoms with van der Waals surface area (Å²) in [5.41, 5.74) is 10.5. The molecule has 0 saturated carbocycles. The lowest BCUT2D eigenvalue weighted by Gasteiger charge is -2.23. The summed E-state index contributed by atoms with van der Waals surface area (Å²) in [4.78, 5) is 0. The van der Waals surface area contributed by atoms with Gasteiger partial charge in [0.15, 0.2) is 0 Å². The lowest BCUT2D eigenvalue weighted by Crippen LogP contribution is -2.22. The molecule has 7 nitrogen and oxygen atoms in total. The lowest BCUT2D eigenvalue weighted by atomic mass is 9.86. The van der Waals surface area contributed by atoms with Gasteiger partial charge in [-0.15, -0.1) is 0 Å². The van der Waals surface area contributed by atoms with E-state index in [0.717, 1.165) is 22.5 Å². The van der Waals surface area contributed by atoms with Crippen molar-refractivity contribution >= 4 is 0 Å². The summed E-state index contributed by atoms with van der Waals surface area (Å²) in [5, 5.41) is 19.3. The van der Waals surface area contributed by atoms with Crippen LogP contribution in [0, 0.1) is 11.3 Å². The predicted molar refractivity (Wildman–Crippen MR) is 112 cm³/mol. The van der Waals surface area contributed by atoms with Crippen LogP contribution in [0.1, 0.15) is 17.2 Å². The molecule has 146 valence electrons. The van der Waals surface area contributed by atoms with Crippen LogP contribution in [0.15, 0.2) is 84.4 Å². The van der Waals surface area contributed by atoms with E-state index in [1.165, 1.54) is 0 Å². The Morgan fingerprint density at radius 1 is 1.00 bits per heavy atom. The minimum absolute atomic E-state index is 0.0670. The zero-order chi connectivity index (χ0) is 20.7. The van der Waals surface area contributed by atoms with Crippen molar-refractivity contribution in [1.82, 2.24) is 19.6 Å². The molecular formula is C23H18N6O. The van der Waals surface area contributed by atoms with Gasteiger partial charge in [0.25, 0.3) is 0 Å². The van der Waals surface area contributed by atoms with E-state index in [1.54, 1.807) is 9.36 Å². The third-order valence-electron chi connectivity index (χ3n) is 5.13. The van der Waals surface area contributed by atoms with Crippen molar-refractivity contribution in [3.05, 3.63) is 95.6 Å². The molecule has 5 rings (SSSR count). The molecule has 0 fully saturated rings. The van der Waals surface area contributed by atoms with E-state index in [2.05, 4.69) is 11.2 Å². The van der Waals surface area contributed by atoms with Gasteiger partial charge in [0, 0.05) is 18.8 Å². The summed E-state index contributed by atoms with van der Waals surface area (Å²) in [6, 6.07) is 23.7. The standard InChI is InChI=1S/C23H18N6O/c1-28-13-12-18(26-28)19-17(14-24)22(25)30-23-20(19)21(15-8-4-2-5-9-15)27-29(23)16-10-6-3-7-11-16/h2-13,19H,25H2,1H3/t19-/m1/s1. The molecule has 0 saturated heterocycles. The largest absolute Gasteiger partial charge is 0.422 e. The maximum atomic E-state index is 9.88. The van der Waals surface area contributed by atoms with E-state index >= 15 is 0 Å². The number of nitrogens with zero attached hydrogens (tertiary/aromatic N) is 5. The van der Waals surface area contributed by atoms with E-state index in [1.807, 2.05) is 80.0 Å². The first-order chi connectivity index (χ1) is 14.7. The average molecular weight is 394 g/mol. The normalized spacial score (nSPS) is 15.4. The van der Waals surface area contributed by atoms with Crippen LogP contribution in [0.4, 0.5) is 0 Å². The van der Waals surface area contributed by atoms with Gasteiger partial charge in [0.2, 0.25) is 11.8 Å². The molecule has 0 aliphatic carbocycles. The predicted octanol–water partition coefficient (Wildman–Crippen LogP) is 3.49. The quantitative estimate of drug-likeness (QED) is 0.574. The van der Waals surface area contributed by atoms with Gasteiger partial charge in [0.1, 0.15) is 17.3 Å². The number of hydrogen-bond acceptors (Lipinski definition) is 5. The molecule has 2 aromatic carbocycles. The smallest absolute Gasteiger partial charge is 0.229 e. The number of aryl methyl sites for hydroxylation is 1. The first-order valence-electron chi connectivity index (χ1n) is 9.48. The van der Waals surface area contributed by atoms with Gasteiger partial charge >= 0.3 is 0 Å². The second-order valence-corrected chi connectivity index (χ2v) is 7.02. The number of aromatic nitrogens is 4. The molecule has 2 aromatic heterocycles. The van der Waals surface area contributed by atoms with Crippen molar-refractivity contribution < 1.29 is 4.74 Å². The topological polar surface area (TPSA) is 94.7 Å². The number of allylic oxidation sites excluding steroid dienone is 1. The third-order valence-corrected chi connectivity index (χ3v) is 5.13. The van der Waals surface area contributed by atoms with Crippen LogP contribution >= 0.6 is 0 Å². The Balaban J connectivity index is 1.83. The highest BCUT2D eigenvalue weighted by Crippen LogP contribution is 2.47. The molecule has 4 aromatic rings. The van der Waals surface area contributed by atoms with Crippen LogP contribution in [-0.4, -0.2) is 19.6 Å². The van der Waals surface area contributed by atoms with Crippen LogP contribution in [-0.2, 0) is 7.05 Å². The van der Waals surface area contributed by atoms with Crippen LogP contribution in [0.2, 0.25) is 0 Å². The van der Waals surface area contributed by atoms with E-state index < -0.39 is 5.92 Å². The summed E-state index contributed by atoms with van der Waals surface area (Å²) in [7, 11) is 1.84. The van der Waals surface area contributed by atoms with E-state index in [9.17, 15) is 5.26 Å². The van der Waals surface area contributed by atoms with E-state index in [0.29, 0.717) is 17.1 Å². The average Bonchev–Trinajstić information content (AvgIpc) is 3.37. The molecule has 1 atom stereocenters. The van der Waals surface area contributed by atoms with Gasteiger partial charge in [0.05, 0.1) is 22.9 Å². The molecule has 0 radical (unpaired) electrons. The summed E-state index contributed by atoms with van der Waals surface area (Å²) < 4.78 is 9.42. The number of rotatable bonds is 3. The van der Waals surface area contributed by atoms with Crippen molar-refractivity contribution in [3.63, 3.8) is 0 Å². The Labute approximate surface area is 173 Å². The summed E-state index contributed by atoms with van der Waals surface area (Å²) in [6.45, 7) is 0. The Kier molecular flexibility index (Phi) is 4.11. The molecule has 0 unspecified atom stereocenters. The summed E-state index contributed by atoms with van der Waals surface area (Å²) in [6.07, 6.45) is 1.85. The zero-order valence-corrected chi connectivity index (χ0v) is 16.2. The number of nitriles is 1. The third kappa shape index (κ3) is 2.74. The number of nitrogens with two attached hydrogens (primary N) is 1. The molecular weight excluding hydrogens is 376 g/mol. The van der Waals surface area contributed by atoms with Crippen molar-refractivity contribution in [2.24, 2.45) is 12.8 Å². The second kappa shape index (κ2) is 6.94. The maximum absolute atomic E-state index is 9.88. The molecule has 1 aliphatic rings. The zero-order valence-electron chi connectivity index (χ0n) is 16.2. The number of benzene rings is 2. The monoisotopic (exact) mass is 394 g/mol. The van der Waals surface area contributed by atoms with Crippen molar-refractivity contribution in [3.8, 4) is 28.9 Å². The Bertz CT molecular complexity index is 1290. The highest BCUT2D eigenvalue weighted by molar-refractivity contribution is 5.71. The molecule has 3 heterocycles. The fourth-order valence-corrected chi connectivity index (χ4v) is 3.77. The molecule has 0 bridgehead atoms. The summed E-state index contributed by atoms with van der Waals surface area (Å²) >= 11 is 0. The highest BCUT2D eigenvalue weighted by atomic mass is 16.5. The molecule has 7 heteroatoms. The Morgan fingerprint density at radius 2 is 1.70 bits per heavy atom. The number of para-hydroxylation sites is 1. The SMILES string of the molecule is Cn1ccc([C@H]2C(C#N)=C(N)Oc3c2c(-c2ccccc2)nn3-c2ccccc2)n1. The highest BCUT2D eigenvalue weighted by Gasteiger charge is 2.38. The van der Waals surface area contributed by atoms with Gasteiger partial charge < -0.3 is 10.5 Å². The number of hydrogen-bond donors (Lipinski definition) is 1. The molecule has 30 heavy (non-hydrogen) atoms. The van der Waals surface area contributed by atoms with Crippen LogP contribution < -0.4 is 10.5 Å². The fourth-order valence-electron chi connectivity index (χ4n) is 3.77. The van der Waals surface area contributed by atoms with Crippen molar-refractivity contribution in [2.75, 3.05) is 0 Å². The second-order valence-electron chi connectivity index (χ2n) is 7.02. The number of ether oxygens (including phenoxy) is 1. The molecule has 1 aliphatic heterocycles. The lowest BCUT2D eigenvalue weighted by molar-refractivity contribution is 0.366. The van der Waals surface area contributed by atoms with Gasteiger partial charge in [-0.05, 0) is 18.2 Å². The Hall–Kier alpha value is -4.31. The first kappa shape index (κ1) is 17.8. The van der Waals surface area contributed by atoms with Gasteiger partial charge in [-0.1, -0.05) is 48.5 Å². The molecule has 2 N–H and O–H groups in total. The first-order valence-corrected chi connectivity index (χ1v) is 9.48.